The van der Waals surface area contributed by atoms with E-state index in [0.29, 0.717) is 25.1 Å². The highest BCUT2D eigenvalue weighted by molar-refractivity contribution is 6.01. The first kappa shape index (κ1) is 26.0. The summed E-state index contributed by atoms with van der Waals surface area (Å²) in [5.74, 6) is -1.48. The predicted molar refractivity (Wildman–Crippen MR) is 126 cm³/mol. The monoisotopic (exact) mass is 487 g/mol. The van der Waals surface area contributed by atoms with E-state index < -0.39 is 29.8 Å². The second-order valence-electron chi connectivity index (χ2n) is 8.75. The number of nitrogens with zero attached hydrogens (tertiary/aromatic N) is 2. The molecule has 1 fully saturated rings. The molecule has 0 bridgehead atoms. The lowest BCUT2D eigenvalue weighted by atomic mass is 10.1. The molecule has 35 heavy (non-hydrogen) atoms. The van der Waals surface area contributed by atoms with Crippen LogP contribution in [0.15, 0.2) is 24.3 Å². The van der Waals surface area contributed by atoms with Gasteiger partial charge < -0.3 is 30.5 Å². The topological polar surface area (TPSA) is 137 Å². The Hall–Kier alpha value is -3.63. The van der Waals surface area contributed by atoms with Crippen molar-refractivity contribution in [1.29, 1.82) is 0 Å². The molecule has 3 rings (SSSR count). The van der Waals surface area contributed by atoms with Crippen LogP contribution in [0.3, 0.4) is 0 Å². The molecule has 0 aliphatic carbocycles. The minimum atomic E-state index is -1.16. The number of fused-ring (bicyclic) bond motifs is 1. The van der Waals surface area contributed by atoms with Gasteiger partial charge in [-0.2, -0.15) is 0 Å². The van der Waals surface area contributed by atoms with Gasteiger partial charge in [0, 0.05) is 33.1 Å². The summed E-state index contributed by atoms with van der Waals surface area (Å²) in [6.07, 6.45) is 1.61. The molecular weight excluding hydrogens is 454 g/mol. The van der Waals surface area contributed by atoms with E-state index in [2.05, 4.69) is 16.0 Å². The quantitative estimate of drug-likeness (QED) is 0.486. The highest BCUT2D eigenvalue weighted by Gasteiger charge is 2.28. The molecular formula is C24H33N5O6. The van der Waals surface area contributed by atoms with E-state index in [0.717, 1.165) is 13.0 Å². The molecule has 0 spiro atoms. The second-order valence-corrected chi connectivity index (χ2v) is 8.75. The van der Waals surface area contributed by atoms with Crippen molar-refractivity contribution in [2.75, 3.05) is 39.8 Å². The first-order valence-corrected chi connectivity index (χ1v) is 11.9. The smallest absolute Gasteiger partial charge is 0.255 e. The van der Waals surface area contributed by atoms with Crippen molar-refractivity contribution in [2.45, 2.75) is 44.7 Å². The van der Waals surface area contributed by atoms with Gasteiger partial charge in [-0.15, -0.1) is 0 Å². The molecule has 2 aliphatic rings. The summed E-state index contributed by atoms with van der Waals surface area (Å²) in [6.45, 7) is 3.52. The van der Waals surface area contributed by atoms with Gasteiger partial charge in [0.2, 0.25) is 23.6 Å². The summed E-state index contributed by atoms with van der Waals surface area (Å²) >= 11 is 0. The Morgan fingerprint density at radius 2 is 1.91 bits per heavy atom. The van der Waals surface area contributed by atoms with Gasteiger partial charge in [-0.1, -0.05) is 12.1 Å². The number of benzene rings is 1. The number of ether oxygens (including phenoxy) is 1. The molecule has 1 aromatic rings. The van der Waals surface area contributed by atoms with Crippen LogP contribution in [0, 0.1) is 0 Å². The van der Waals surface area contributed by atoms with Crippen molar-refractivity contribution >= 4 is 29.5 Å². The zero-order valence-corrected chi connectivity index (χ0v) is 20.2. The third-order valence-electron chi connectivity index (χ3n) is 6.03. The highest BCUT2D eigenvalue weighted by Crippen LogP contribution is 2.18. The molecule has 11 heteroatoms. The Morgan fingerprint density at radius 3 is 2.66 bits per heavy atom. The van der Waals surface area contributed by atoms with Crippen molar-refractivity contribution < 1.29 is 28.7 Å². The number of carbonyl (C=O) groups is 5. The number of rotatable bonds is 5. The molecule has 1 aromatic carbocycles. The minimum Gasteiger partial charge on any atom is -0.491 e. The summed E-state index contributed by atoms with van der Waals surface area (Å²) in [5.41, 5.74) is 0.220. The number of hydrogen-bond donors (Lipinski definition) is 3. The fraction of sp³-hybridized carbons (Fsp3) is 0.542. The summed E-state index contributed by atoms with van der Waals surface area (Å²) in [7, 11) is 1.60. The van der Waals surface area contributed by atoms with Crippen LogP contribution in [0.2, 0.25) is 0 Å². The van der Waals surface area contributed by atoms with Gasteiger partial charge in [-0.3, -0.25) is 24.0 Å². The second kappa shape index (κ2) is 12.2. The van der Waals surface area contributed by atoms with Gasteiger partial charge in [-0.05, 0) is 31.9 Å². The molecule has 1 saturated heterocycles. The maximum Gasteiger partial charge on any atom is 0.255 e. The van der Waals surface area contributed by atoms with Gasteiger partial charge >= 0.3 is 0 Å². The van der Waals surface area contributed by atoms with E-state index in [1.165, 1.54) is 4.90 Å². The van der Waals surface area contributed by atoms with Crippen molar-refractivity contribution in [3.05, 3.63) is 29.8 Å². The Morgan fingerprint density at radius 1 is 1.14 bits per heavy atom. The lowest BCUT2D eigenvalue weighted by Gasteiger charge is -2.25. The number of amides is 5. The molecule has 0 saturated carbocycles. The van der Waals surface area contributed by atoms with Gasteiger partial charge in [0.25, 0.3) is 5.91 Å². The van der Waals surface area contributed by atoms with Gasteiger partial charge in [-0.25, -0.2) is 0 Å². The maximum atomic E-state index is 13.0. The van der Waals surface area contributed by atoms with E-state index >= 15 is 0 Å². The number of likely N-dealkylation sites (tertiary alicyclic amines) is 1. The summed E-state index contributed by atoms with van der Waals surface area (Å²) < 4.78 is 5.74. The zero-order valence-electron chi connectivity index (χ0n) is 20.2. The molecule has 2 atom stereocenters. The highest BCUT2D eigenvalue weighted by atomic mass is 16.5. The zero-order chi connectivity index (χ0) is 25.4. The molecule has 2 heterocycles. The van der Waals surface area contributed by atoms with Gasteiger partial charge in [0.1, 0.15) is 24.4 Å². The van der Waals surface area contributed by atoms with E-state index in [-0.39, 0.29) is 43.5 Å². The molecule has 0 aromatic heterocycles. The van der Waals surface area contributed by atoms with E-state index in [1.807, 2.05) is 0 Å². The van der Waals surface area contributed by atoms with Crippen LogP contribution in [0.4, 0.5) is 0 Å². The molecule has 3 N–H and O–H groups in total. The first-order chi connectivity index (χ1) is 16.8. The van der Waals surface area contributed by atoms with Crippen LogP contribution in [-0.4, -0.2) is 91.3 Å². The largest absolute Gasteiger partial charge is 0.491 e. The van der Waals surface area contributed by atoms with Crippen molar-refractivity contribution in [2.24, 2.45) is 0 Å². The summed E-state index contributed by atoms with van der Waals surface area (Å²) in [5, 5.41) is 7.96. The number of carbonyl (C=O) groups excluding carboxylic acids is 5. The van der Waals surface area contributed by atoms with Crippen molar-refractivity contribution in [1.82, 2.24) is 25.8 Å². The van der Waals surface area contributed by atoms with Crippen molar-refractivity contribution in [3.63, 3.8) is 0 Å². The lowest BCUT2D eigenvalue weighted by Crippen LogP contribution is -2.52. The standard InChI is InChI=1S/C24H33N5O6/c1-16-24(34)28(2)13-14-35-19-8-4-3-7-17(19)22(32)27-18(15-20(30)26-16)23(33)25-10-6-12-29-11-5-9-21(29)31/h3-4,7-8,16,18H,5-6,9-15H2,1-2H3,(H,25,33)(H,26,30)(H,27,32)/t16-,18-/m0/s1. The van der Waals surface area contributed by atoms with Crippen LogP contribution in [-0.2, 0) is 19.2 Å². The Kier molecular flexibility index (Phi) is 9.04. The molecule has 11 nitrogen and oxygen atoms in total. The fourth-order valence-corrected chi connectivity index (χ4v) is 4.05. The molecule has 5 amide bonds. The first-order valence-electron chi connectivity index (χ1n) is 11.9. The fourth-order valence-electron chi connectivity index (χ4n) is 4.05. The van der Waals surface area contributed by atoms with Crippen LogP contribution >= 0.6 is 0 Å². The maximum absolute atomic E-state index is 13.0. The Balaban J connectivity index is 1.71. The van der Waals surface area contributed by atoms with Crippen LogP contribution in [0.25, 0.3) is 0 Å². The van der Waals surface area contributed by atoms with Gasteiger partial charge in [0.05, 0.1) is 18.5 Å². The SMILES string of the molecule is C[C@@H]1NC(=O)C[C@@H](C(=O)NCCCN2CCCC2=O)NC(=O)c2ccccc2OCCN(C)C1=O. The van der Waals surface area contributed by atoms with Gasteiger partial charge in [0.15, 0.2) is 0 Å². The number of likely N-dealkylation sites (N-methyl/N-ethyl adjacent to an activating group) is 1. The van der Waals surface area contributed by atoms with Crippen molar-refractivity contribution in [3.8, 4) is 5.75 Å². The minimum absolute atomic E-state index is 0.112. The number of hydrogen-bond acceptors (Lipinski definition) is 6. The normalized spacial score (nSPS) is 22.0. The number of para-hydroxylation sites is 1. The molecule has 0 radical (unpaired) electrons. The molecule has 0 unspecified atom stereocenters. The Labute approximate surface area is 204 Å². The average Bonchev–Trinajstić information content (AvgIpc) is 3.24. The summed E-state index contributed by atoms with van der Waals surface area (Å²) in [6, 6.07) is 4.62. The van der Waals surface area contributed by atoms with E-state index in [1.54, 1.807) is 43.1 Å². The van der Waals surface area contributed by atoms with Crippen LogP contribution in [0.5, 0.6) is 5.75 Å². The van der Waals surface area contributed by atoms with E-state index in [4.69, 9.17) is 4.74 Å². The van der Waals surface area contributed by atoms with E-state index in [9.17, 15) is 24.0 Å². The van der Waals surface area contributed by atoms with Crippen LogP contribution in [0.1, 0.15) is 43.0 Å². The third kappa shape index (κ3) is 7.17. The lowest BCUT2D eigenvalue weighted by molar-refractivity contribution is -0.135. The van der Waals surface area contributed by atoms with Crippen LogP contribution < -0.4 is 20.7 Å². The molecule has 2 aliphatic heterocycles. The number of nitrogens with one attached hydrogen (secondary N) is 3. The average molecular weight is 488 g/mol. The predicted octanol–water partition coefficient (Wildman–Crippen LogP) is -0.341. The third-order valence-corrected chi connectivity index (χ3v) is 6.03. The summed E-state index contributed by atoms with van der Waals surface area (Å²) in [4.78, 5) is 66.0. The Bertz CT molecular complexity index is 967. The molecule has 190 valence electrons.